The van der Waals surface area contributed by atoms with Gasteiger partial charge in [-0.25, -0.2) is 0 Å². The van der Waals surface area contributed by atoms with Gasteiger partial charge in [-0.1, -0.05) is 55.1 Å². The highest BCUT2D eigenvalue weighted by atomic mass is 32.2. The summed E-state index contributed by atoms with van der Waals surface area (Å²) in [6.45, 7) is 3.33. The van der Waals surface area contributed by atoms with Crippen LogP contribution in [0.4, 0.5) is 0 Å². The van der Waals surface area contributed by atoms with E-state index in [2.05, 4.69) is 53.2 Å². The summed E-state index contributed by atoms with van der Waals surface area (Å²) in [7, 11) is 0. The lowest BCUT2D eigenvalue weighted by molar-refractivity contribution is 0.321. The van der Waals surface area contributed by atoms with Crippen LogP contribution >= 0.6 is 11.8 Å². The molecule has 4 heteroatoms. The highest BCUT2D eigenvalue weighted by Crippen LogP contribution is 2.47. The van der Waals surface area contributed by atoms with Crippen molar-refractivity contribution in [1.29, 1.82) is 0 Å². The summed E-state index contributed by atoms with van der Waals surface area (Å²) in [5.41, 5.74) is 2.38. The number of hydrogen-bond donors (Lipinski definition) is 0. The maximum atomic E-state index is 4.97. The van der Waals surface area contributed by atoms with Crippen molar-refractivity contribution in [2.45, 2.75) is 24.3 Å². The zero-order valence-corrected chi connectivity index (χ0v) is 12.7. The molecule has 0 aliphatic carbocycles. The number of benzene rings is 1. The third-order valence-electron chi connectivity index (χ3n) is 4.02. The van der Waals surface area contributed by atoms with Crippen LogP contribution in [0.2, 0.25) is 0 Å². The minimum Gasteiger partial charge on any atom is -0.341 e. The average Bonchev–Trinajstić information content (AvgIpc) is 3.05. The van der Waals surface area contributed by atoms with Gasteiger partial charge in [0.05, 0.1) is 11.7 Å². The summed E-state index contributed by atoms with van der Waals surface area (Å²) in [4.78, 5) is 12.0. The van der Waals surface area contributed by atoms with E-state index in [0.29, 0.717) is 5.25 Å². The smallest absolute Gasteiger partial charge is 0.160 e. The molecule has 2 aliphatic heterocycles. The highest BCUT2D eigenvalue weighted by Gasteiger charge is 2.43. The predicted octanol–water partition coefficient (Wildman–Crippen LogP) is 3.67. The van der Waals surface area contributed by atoms with E-state index in [1.807, 2.05) is 30.1 Å². The molecule has 0 saturated carbocycles. The summed E-state index contributed by atoms with van der Waals surface area (Å²) >= 11 is 1.88. The Hall–Kier alpha value is -1.81. The van der Waals surface area contributed by atoms with Crippen molar-refractivity contribution in [1.82, 2.24) is 9.88 Å². The molecule has 106 valence electrons. The Morgan fingerprint density at radius 3 is 2.67 bits per heavy atom. The van der Waals surface area contributed by atoms with E-state index in [1.54, 1.807) is 0 Å². The van der Waals surface area contributed by atoms with Gasteiger partial charge in [-0.2, -0.15) is 0 Å². The molecule has 3 nitrogen and oxygen atoms in total. The Bertz CT molecular complexity index is 656. The fraction of sp³-hybridized carbons (Fsp3) is 0.294. The molecule has 0 bridgehead atoms. The van der Waals surface area contributed by atoms with Crippen molar-refractivity contribution in [3.05, 3.63) is 66.0 Å². The van der Waals surface area contributed by atoms with Crippen molar-refractivity contribution in [3.8, 4) is 0 Å². The van der Waals surface area contributed by atoms with Gasteiger partial charge in [0, 0.05) is 18.0 Å². The third kappa shape index (κ3) is 2.23. The van der Waals surface area contributed by atoms with Gasteiger partial charge >= 0.3 is 0 Å². The Morgan fingerprint density at radius 2 is 1.90 bits per heavy atom. The molecule has 2 aliphatic rings. The molecule has 3 heterocycles. The zero-order valence-electron chi connectivity index (χ0n) is 11.9. The molecule has 0 spiro atoms. The molecule has 1 fully saturated rings. The van der Waals surface area contributed by atoms with Gasteiger partial charge in [0.2, 0.25) is 0 Å². The van der Waals surface area contributed by atoms with Crippen molar-refractivity contribution in [2.24, 2.45) is 4.99 Å². The van der Waals surface area contributed by atoms with Crippen molar-refractivity contribution >= 4 is 16.9 Å². The predicted molar refractivity (Wildman–Crippen MR) is 87.4 cm³/mol. The van der Waals surface area contributed by atoms with Crippen LogP contribution in [0.5, 0.6) is 0 Å². The zero-order chi connectivity index (χ0) is 14.2. The third-order valence-corrected chi connectivity index (χ3v) is 5.12. The van der Waals surface area contributed by atoms with E-state index in [-0.39, 0.29) is 12.1 Å². The first-order valence-electron chi connectivity index (χ1n) is 7.30. The van der Waals surface area contributed by atoms with Crippen LogP contribution < -0.4 is 0 Å². The summed E-state index contributed by atoms with van der Waals surface area (Å²) < 4.78 is 0. The molecule has 1 aromatic heterocycles. The van der Waals surface area contributed by atoms with Gasteiger partial charge in [0.25, 0.3) is 0 Å². The van der Waals surface area contributed by atoms with Crippen LogP contribution in [0, 0.1) is 0 Å². The molecule has 1 aromatic carbocycles. The molecule has 3 unspecified atom stereocenters. The molecule has 2 aromatic rings. The number of amidine groups is 1. The highest BCUT2D eigenvalue weighted by molar-refractivity contribution is 8.14. The Kier molecular flexibility index (Phi) is 3.19. The first-order valence-corrected chi connectivity index (χ1v) is 8.18. The number of hydrogen-bond acceptors (Lipinski definition) is 4. The van der Waals surface area contributed by atoms with E-state index < -0.39 is 0 Å². The van der Waals surface area contributed by atoms with Gasteiger partial charge in [-0.05, 0) is 17.7 Å². The van der Waals surface area contributed by atoms with Crippen LogP contribution in [0.15, 0.2) is 59.7 Å². The Labute approximate surface area is 129 Å². The Balaban J connectivity index is 1.77. The normalized spacial score (nSPS) is 27.6. The van der Waals surface area contributed by atoms with Gasteiger partial charge in [-0.15, -0.1) is 0 Å². The van der Waals surface area contributed by atoms with Gasteiger partial charge in [0.15, 0.2) is 5.17 Å². The summed E-state index contributed by atoms with van der Waals surface area (Å²) in [5, 5.41) is 1.78. The quantitative estimate of drug-likeness (QED) is 0.846. The molecule has 21 heavy (non-hydrogen) atoms. The number of aromatic nitrogens is 1. The number of fused-ring (bicyclic) bond motifs is 1. The maximum Gasteiger partial charge on any atom is 0.160 e. The summed E-state index contributed by atoms with van der Waals surface area (Å²) in [5.74, 6) is 0. The number of rotatable bonds is 2. The standard InChI is InChI=1S/C17H17N3S/c1-12-11-20-16(13-7-3-2-4-8-13)15(19-17(20)21-12)14-9-5-6-10-18-14/h2-10,12,15-16H,11H2,1H3. The van der Waals surface area contributed by atoms with Crippen LogP contribution in [0.3, 0.4) is 0 Å². The molecule has 4 rings (SSSR count). The lowest BCUT2D eigenvalue weighted by atomic mass is 9.96. The van der Waals surface area contributed by atoms with Crippen molar-refractivity contribution in [2.75, 3.05) is 6.54 Å². The van der Waals surface area contributed by atoms with Gasteiger partial charge in [0.1, 0.15) is 6.04 Å². The maximum absolute atomic E-state index is 4.97. The minimum absolute atomic E-state index is 0.101. The molecule has 0 amide bonds. The first-order chi connectivity index (χ1) is 10.3. The second kappa shape index (κ2) is 5.19. The van der Waals surface area contributed by atoms with E-state index in [4.69, 9.17) is 4.99 Å². The largest absolute Gasteiger partial charge is 0.341 e. The minimum atomic E-state index is 0.101. The molecule has 0 N–H and O–H groups in total. The molecule has 3 atom stereocenters. The second-order valence-corrected chi connectivity index (χ2v) is 6.95. The van der Waals surface area contributed by atoms with E-state index >= 15 is 0 Å². The van der Waals surface area contributed by atoms with Crippen LogP contribution in [-0.4, -0.2) is 26.8 Å². The van der Waals surface area contributed by atoms with Crippen LogP contribution in [0.1, 0.15) is 30.3 Å². The second-order valence-electron chi connectivity index (χ2n) is 5.55. The molecule has 0 radical (unpaired) electrons. The fourth-order valence-electron chi connectivity index (χ4n) is 3.13. The lowest BCUT2D eigenvalue weighted by Gasteiger charge is -2.27. The molecule has 1 saturated heterocycles. The van der Waals surface area contributed by atoms with E-state index in [9.17, 15) is 0 Å². The van der Waals surface area contributed by atoms with E-state index in [1.165, 1.54) is 10.7 Å². The van der Waals surface area contributed by atoms with Gasteiger partial charge < -0.3 is 4.90 Å². The first kappa shape index (κ1) is 12.9. The van der Waals surface area contributed by atoms with E-state index in [0.717, 1.165) is 12.2 Å². The van der Waals surface area contributed by atoms with Crippen molar-refractivity contribution < 1.29 is 0 Å². The molecular formula is C17H17N3S. The van der Waals surface area contributed by atoms with Crippen LogP contribution in [-0.2, 0) is 0 Å². The number of pyridine rings is 1. The summed E-state index contributed by atoms with van der Waals surface area (Å²) in [6, 6.07) is 17.1. The number of thioether (sulfide) groups is 1. The van der Waals surface area contributed by atoms with Gasteiger partial charge in [-0.3, -0.25) is 9.98 Å². The monoisotopic (exact) mass is 295 g/mol. The number of nitrogens with zero attached hydrogens (tertiary/aromatic N) is 3. The molecular weight excluding hydrogens is 278 g/mol. The van der Waals surface area contributed by atoms with Crippen molar-refractivity contribution in [3.63, 3.8) is 0 Å². The fourth-order valence-corrected chi connectivity index (χ4v) is 4.22. The number of aliphatic imine (C=N–C) groups is 1. The van der Waals surface area contributed by atoms with Crippen LogP contribution in [0.25, 0.3) is 0 Å². The lowest BCUT2D eigenvalue weighted by Crippen LogP contribution is -2.28. The SMILES string of the molecule is CC1CN2C(=NC(c3ccccn3)C2c2ccccc2)S1. The topological polar surface area (TPSA) is 28.5 Å². The Morgan fingerprint density at radius 1 is 1.10 bits per heavy atom. The summed E-state index contributed by atoms with van der Waals surface area (Å²) in [6.07, 6.45) is 1.86. The average molecular weight is 295 g/mol.